The largest absolute Gasteiger partial charge is 0.493 e. The van der Waals surface area contributed by atoms with E-state index in [-0.39, 0.29) is 18.0 Å². The normalized spacial score (nSPS) is 19.6. The van der Waals surface area contributed by atoms with Gasteiger partial charge in [-0.2, -0.15) is 13.2 Å². The Morgan fingerprint density at radius 3 is 2.16 bits per heavy atom. The third kappa shape index (κ3) is 4.01. The van der Waals surface area contributed by atoms with Crippen LogP contribution in [0.25, 0.3) is 0 Å². The van der Waals surface area contributed by atoms with Crippen LogP contribution in [0.4, 0.5) is 13.2 Å². The van der Waals surface area contributed by atoms with Gasteiger partial charge in [-0.15, -0.1) is 0 Å². The number of allylic oxidation sites excluding steroid dienone is 4. The Morgan fingerprint density at radius 1 is 1.06 bits per heavy atom. The highest BCUT2D eigenvalue weighted by molar-refractivity contribution is 6.01. The van der Waals surface area contributed by atoms with Crippen molar-refractivity contribution >= 4 is 17.7 Å². The van der Waals surface area contributed by atoms with Crippen LogP contribution in [0.5, 0.6) is 11.5 Å². The number of ketones is 1. The standard InChI is InChI=1S/C21H20F3NO6/c1-29-16-8-12-11-25(19(28)21(22,23)24)15(18(27)31-3)10-20(6-4-13(26)5-7-20)14(12)9-17(16)30-2/h4-9,15H,10-11H2,1-3H3. The summed E-state index contributed by atoms with van der Waals surface area (Å²) < 4.78 is 55.4. The van der Waals surface area contributed by atoms with E-state index in [9.17, 15) is 27.6 Å². The second-order valence-electron chi connectivity index (χ2n) is 7.15. The fraction of sp³-hybridized carbons (Fsp3) is 0.381. The number of ether oxygens (including phenoxy) is 3. The molecule has 0 fully saturated rings. The molecule has 0 bridgehead atoms. The van der Waals surface area contributed by atoms with E-state index in [0.29, 0.717) is 21.8 Å². The van der Waals surface area contributed by atoms with E-state index in [4.69, 9.17) is 14.2 Å². The minimum absolute atomic E-state index is 0.243. The number of benzene rings is 1. The average molecular weight is 439 g/mol. The topological polar surface area (TPSA) is 82.1 Å². The molecule has 1 aliphatic heterocycles. The minimum atomic E-state index is -5.20. The van der Waals surface area contributed by atoms with Gasteiger partial charge in [0.05, 0.1) is 21.3 Å². The Balaban J connectivity index is 2.28. The quantitative estimate of drug-likeness (QED) is 0.673. The lowest BCUT2D eigenvalue weighted by molar-refractivity contribution is -0.191. The molecule has 1 heterocycles. The van der Waals surface area contributed by atoms with Crippen molar-refractivity contribution in [2.75, 3.05) is 21.3 Å². The summed E-state index contributed by atoms with van der Waals surface area (Å²) in [5, 5.41) is 0. The summed E-state index contributed by atoms with van der Waals surface area (Å²) in [7, 11) is 3.80. The summed E-state index contributed by atoms with van der Waals surface area (Å²) >= 11 is 0. The zero-order valence-electron chi connectivity index (χ0n) is 17.0. The van der Waals surface area contributed by atoms with Crippen molar-refractivity contribution in [2.24, 2.45) is 0 Å². The summed E-state index contributed by atoms with van der Waals surface area (Å²) in [6.45, 7) is -0.523. The predicted octanol–water partition coefficient (Wildman–Crippen LogP) is 2.47. The fourth-order valence-corrected chi connectivity index (χ4v) is 3.93. The summed E-state index contributed by atoms with van der Waals surface area (Å²) in [5.41, 5.74) is -0.357. The first-order valence-electron chi connectivity index (χ1n) is 9.19. The van der Waals surface area contributed by atoms with E-state index in [2.05, 4.69) is 0 Å². The van der Waals surface area contributed by atoms with E-state index in [1.54, 1.807) is 6.07 Å². The molecule has 0 radical (unpaired) electrons. The lowest BCUT2D eigenvalue weighted by Gasteiger charge is -2.34. The maximum atomic E-state index is 13.4. The highest BCUT2D eigenvalue weighted by Crippen LogP contribution is 2.45. The monoisotopic (exact) mass is 439 g/mol. The number of fused-ring (bicyclic) bond motifs is 2. The molecule has 1 spiro atoms. The minimum Gasteiger partial charge on any atom is -0.493 e. The van der Waals surface area contributed by atoms with Crippen LogP contribution in [0.15, 0.2) is 36.4 Å². The van der Waals surface area contributed by atoms with E-state index in [0.717, 1.165) is 7.11 Å². The second-order valence-corrected chi connectivity index (χ2v) is 7.15. The van der Waals surface area contributed by atoms with E-state index < -0.39 is 36.1 Å². The molecular weight excluding hydrogens is 419 g/mol. The number of hydrogen-bond donors (Lipinski definition) is 0. The number of rotatable bonds is 3. The first-order chi connectivity index (χ1) is 14.6. The zero-order chi connectivity index (χ0) is 23.0. The molecule has 3 rings (SSSR count). The highest BCUT2D eigenvalue weighted by atomic mass is 19.4. The molecule has 166 valence electrons. The number of carbonyl (C=O) groups excluding carboxylic acids is 3. The molecule has 1 unspecified atom stereocenters. The van der Waals surface area contributed by atoms with Crippen molar-refractivity contribution in [3.05, 3.63) is 47.6 Å². The van der Waals surface area contributed by atoms with Crippen molar-refractivity contribution in [1.29, 1.82) is 0 Å². The number of esters is 1. The number of nitrogens with zero attached hydrogens (tertiary/aromatic N) is 1. The zero-order valence-corrected chi connectivity index (χ0v) is 17.0. The molecule has 31 heavy (non-hydrogen) atoms. The first-order valence-corrected chi connectivity index (χ1v) is 9.19. The van der Waals surface area contributed by atoms with Gasteiger partial charge in [-0.3, -0.25) is 9.59 Å². The molecule has 1 aromatic carbocycles. The van der Waals surface area contributed by atoms with Gasteiger partial charge in [0, 0.05) is 12.0 Å². The molecule has 1 aliphatic carbocycles. The highest BCUT2D eigenvalue weighted by Gasteiger charge is 2.50. The molecule has 0 saturated carbocycles. The van der Waals surface area contributed by atoms with Crippen LogP contribution in [0, 0.1) is 0 Å². The molecule has 0 aromatic heterocycles. The van der Waals surface area contributed by atoms with Crippen LogP contribution < -0.4 is 9.47 Å². The van der Waals surface area contributed by atoms with Crippen molar-refractivity contribution < 1.29 is 41.8 Å². The van der Waals surface area contributed by atoms with E-state index >= 15 is 0 Å². The summed E-state index contributed by atoms with van der Waals surface area (Å²) in [4.78, 5) is 37.0. The molecule has 1 atom stereocenters. The Kier molecular flexibility index (Phi) is 5.84. The van der Waals surface area contributed by atoms with Gasteiger partial charge in [0.15, 0.2) is 17.3 Å². The number of amides is 1. The lowest BCUT2D eigenvalue weighted by atomic mass is 9.72. The second kappa shape index (κ2) is 8.09. The van der Waals surface area contributed by atoms with Gasteiger partial charge < -0.3 is 19.1 Å². The molecule has 0 N–H and O–H groups in total. The first kappa shape index (κ1) is 22.4. The van der Waals surface area contributed by atoms with Crippen molar-refractivity contribution in [2.45, 2.75) is 30.6 Å². The van der Waals surface area contributed by atoms with Gasteiger partial charge >= 0.3 is 18.1 Å². The maximum Gasteiger partial charge on any atom is 0.471 e. The third-order valence-electron chi connectivity index (χ3n) is 5.43. The molecule has 2 aliphatic rings. The van der Waals surface area contributed by atoms with Crippen molar-refractivity contribution in [3.63, 3.8) is 0 Å². The smallest absolute Gasteiger partial charge is 0.471 e. The van der Waals surface area contributed by atoms with Gasteiger partial charge in [0.1, 0.15) is 6.04 Å². The van der Waals surface area contributed by atoms with Gasteiger partial charge in [-0.1, -0.05) is 12.2 Å². The lowest BCUT2D eigenvalue weighted by Crippen LogP contribution is -2.51. The van der Waals surface area contributed by atoms with Crippen LogP contribution >= 0.6 is 0 Å². The van der Waals surface area contributed by atoms with Crippen molar-refractivity contribution in [3.8, 4) is 11.5 Å². The average Bonchev–Trinajstić information content (AvgIpc) is 2.88. The summed E-state index contributed by atoms with van der Waals surface area (Å²) in [6.07, 6.45) is 0.111. The Labute approximate surface area is 176 Å². The number of carbonyl (C=O) groups is 3. The van der Waals surface area contributed by atoms with Gasteiger partial charge in [-0.05, 0) is 41.8 Å². The van der Waals surface area contributed by atoms with Crippen LogP contribution in [-0.4, -0.2) is 56.1 Å². The number of halogens is 3. The fourth-order valence-electron chi connectivity index (χ4n) is 3.93. The summed E-state index contributed by atoms with van der Waals surface area (Å²) in [6, 6.07) is 1.49. The van der Waals surface area contributed by atoms with E-state index in [1.165, 1.54) is 44.6 Å². The number of alkyl halides is 3. The predicted molar refractivity (Wildman–Crippen MR) is 102 cm³/mol. The van der Waals surface area contributed by atoms with Crippen LogP contribution in [-0.2, 0) is 31.1 Å². The molecule has 1 amide bonds. The number of methoxy groups -OCH3 is 3. The number of hydrogen-bond acceptors (Lipinski definition) is 6. The third-order valence-corrected chi connectivity index (χ3v) is 5.43. The summed E-state index contributed by atoms with van der Waals surface area (Å²) in [5.74, 6) is -2.92. The van der Waals surface area contributed by atoms with Gasteiger partial charge in [0.2, 0.25) is 0 Å². The Hall–Kier alpha value is -3.30. The Morgan fingerprint density at radius 2 is 1.65 bits per heavy atom. The molecule has 7 nitrogen and oxygen atoms in total. The Bertz CT molecular complexity index is 966. The molecule has 0 saturated heterocycles. The van der Waals surface area contributed by atoms with Crippen LogP contribution in [0.2, 0.25) is 0 Å². The molecular formula is C21H20F3NO6. The van der Waals surface area contributed by atoms with Crippen molar-refractivity contribution in [1.82, 2.24) is 4.90 Å². The molecule has 1 aromatic rings. The van der Waals surface area contributed by atoms with Crippen LogP contribution in [0.1, 0.15) is 17.5 Å². The maximum absolute atomic E-state index is 13.4. The van der Waals surface area contributed by atoms with E-state index in [1.807, 2.05) is 0 Å². The van der Waals surface area contributed by atoms with Gasteiger partial charge in [-0.25, -0.2) is 4.79 Å². The van der Waals surface area contributed by atoms with Gasteiger partial charge in [0.25, 0.3) is 0 Å². The molecule has 10 heteroatoms. The SMILES string of the molecule is COC(=O)C1CC2(C=CC(=O)C=C2)c2cc(OC)c(OC)cc2CN1C(=O)C(F)(F)F. The van der Waals surface area contributed by atoms with Crippen LogP contribution in [0.3, 0.4) is 0 Å².